The minimum atomic E-state index is -2.65. The van der Waals surface area contributed by atoms with Crippen molar-refractivity contribution in [1.82, 2.24) is 9.78 Å². The molecular weight excluding hydrogens is 257 g/mol. The summed E-state index contributed by atoms with van der Waals surface area (Å²) in [5.41, 5.74) is 0.103. The highest BCUT2D eigenvalue weighted by Gasteiger charge is 2.16. The van der Waals surface area contributed by atoms with E-state index in [1.165, 1.54) is 4.68 Å². The summed E-state index contributed by atoms with van der Waals surface area (Å²) in [7, 11) is 0. The molecule has 16 heavy (non-hydrogen) atoms. The van der Waals surface area contributed by atoms with Gasteiger partial charge in [-0.15, -0.1) is 0 Å². The molecule has 0 saturated carbocycles. The zero-order chi connectivity index (χ0) is 11.7. The van der Waals surface area contributed by atoms with Crippen LogP contribution >= 0.6 is 23.2 Å². The molecule has 0 amide bonds. The molecule has 2 rings (SSSR count). The third-order valence-corrected chi connectivity index (χ3v) is 2.58. The van der Waals surface area contributed by atoms with Crippen molar-refractivity contribution in [3.63, 3.8) is 0 Å². The van der Waals surface area contributed by atoms with Crippen LogP contribution in [0.1, 0.15) is 12.1 Å². The molecule has 1 heterocycles. The van der Waals surface area contributed by atoms with Crippen molar-refractivity contribution in [2.75, 3.05) is 0 Å². The van der Waals surface area contributed by atoms with Gasteiger partial charge in [0.15, 0.2) is 0 Å². The summed E-state index contributed by atoms with van der Waals surface area (Å²) in [4.78, 5) is 0. The van der Waals surface area contributed by atoms with Crippen molar-refractivity contribution >= 4 is 23.2 Å². The Morgan fingerprint density at radius 3 is 2.44 bits per heavy atom. The van der Waals surface area contributed by atoms with E-state index in [2.05, 4.69) is 5.10 Å². The minimum absolute atomic E-state index is 0.100. The third kappa shape index (κ3) is 2.03. The molecule has 0 bridgehead atoms. The molecule has 0 atom stereocenters. The predicted octanol–water partition coefficient (Wildman–Crippen LogP) is 4.12. The van der Waals surface area contributed by atoms with Crippen LogP contribution in [-0.4, -0.2) is 9.78 Å². The van der Waals surface area contributed by atoms with Crippen LogP contribution in [0.3, 0.4) is 0 Å². The largest absolute Gasteiger partial charge is 0.282 e. The first-order chi connectivity index (χ1) is 7.59. The average Bonchev–Trinajstić information content (AvgIpc) is 2.61. The van der Waals surface area contributed by atoms with Crippen LogP contribution in [0.15, 0.2) is 30.3 Å². The van der Waals surface area contributed by atoms with Crippen LogP contribution in [-0.2, 0) is 0 Å². The molecule has 84 valence electrons. The van der Waals surface area contributed by atoms with E-state index in [4.69, 9.17) is 23.2 Å². The second kappa shape index (κ2) is 4.39. The first-order valence-electron chi connectivity index (χ1n) is 4.38. The van der Waals surface area contributed by atoms with Crippen molar-refractivity contribution in [2.45, 2.75) is 6.43 Å². The fourth-order valence-corrected chi connectivity index (χ4v) is 1.73. The van der Waals surface area contributed by atoms with E-state index in [1.54, 1.807) is 24.3 Å². The van der Waals surface area contributed by atoms with Crippen molar-refractivity contribution in [3.8, 4) is 5.69 Å². The Bertz CT molecular complexity index is 511. The van der Waals surface area contributed by atoms with Crippen molar-refractivity contribution < 1.29 is 8.78 Å². The van der Waals surface area contributed by atoms with Crippen LogP contribution < -0.4 is 0 Å². The average molecular weight is 263 g/mol. The zero-order valence-corrected chi connectivity index (χ0v) is 9.38. The van der Waals surface area contributed by atoms with E-state index < -0.39 is 6.43 Å². The number of aromatic nitrogens is 2. The Labute approximate surface area is 100 Å². The molecule has 6 heteroatoms. The van der Waals surface area contributed by atoms with Gasteiger partial charge in [-0.2, -0.15) is 5.10 Å². The van der Waals surface area contributed by atoms with E-state index in [0.29, 0.717) is 10.7 Å². The molecule has 0 saturated heterocycles. The highest BCUT2D eigenvalue weighted by molar-refractivity contribution is 6.33. The third-order valence-electron chi connectivity index (χ3n) is 1.99. The van der Waals surface area contributed by atoms with Gasteiger partial charge in [0.1, 0.15) is 10.8 Å². The molecule has 0 unspecified atom stereocenters. The molecule has 0 radical (unpaired) electrons. The van der Waals surface area contributed by atoms with Crippen LogP contribution in [0, 0.1) is 0 Å². The number of benzene rings is 1. The van der Waals surface area contributed by atoms with Gasteiger partial charge in [-0.3, -0.25) is 0 Å². The topological polar surface area (TPSA) is 17.8 Å². The van der Waals surface area contributed by atoms with Gasteiger partial charge < -0.3 is 0 Å². The van der Waals surface area contributed by atoms with Crippen molar-refractivity contribution in [3.05, 3.63) is 46.2 Å². The van der Waals surface area contributed by atoms with Crippen molar-refractivity contribution in [2.24, 2.45) is 0 Å². The summed E-state index contributed by atoms with van der Waals surface area (Å²) >= 11 is 11.7. The lowest BCUT2D eigenvalue weighted by Gasteiger charge is -2.04. The second-order valence-corrected chi connectivity index (χ2v) is 3.85. The molecule has 0 fully saturated rings. The van der Waals surface area contributed by atoms with Gasteiger partial charge in [0.05, 0.1) is 10.7 Å². The number of nitrogens with zero attached hydrogens (tertiary/aromatic N) is 2. The summed E-state index contributed by atoms with van der Waals surface area (Å²) in [5.74, 6) is 0. The molecule has 1 aromatic carbocycles. The van der Waals surface area contributed by atoms with Gasteiger partial charge in [-0.05, 0) is 12.1 Å². The number of rotatable bonds is 2. The molecule has 2 nitrogen and oxygen atoms in total. The SMILES string of the molecule is FC(F)c1cc(Cl)n(-c2ccccc2Cl)n1. The van der Waals surface area contributed by atoms with Crippen LogP contribution in [0.25, 0.3) is 5.69 Å². The maximum absolute atomic E-state index is 12.4. The summed E-state index contributed by atoms with van der Waals surface area (Å²) in [6.07, 6.45) is -2.65. The molecular formula is C10H6Cl2F2N2. The monoisotopic (exact) mass is 262 g/mol. The molecule has 0 aliphatic rings. The summed E-state index contributed by atoms with van der Waals surface area (Å²) in [5, 5.41) is 4.19. The molecule has 0 aliphatic heterocycles. The fraction of sp³-hybridized carbons (Fsp3) is 0.100. The van der Waals surface area contributed by atoms with E-state index >= 15 is 0 Å². The van der Waals surface area contributed by atoms with Crippen LogP contribution in [0.5, 0.6) is 0 Å². The molecule has 2 aromatic rings. The highest BCUT2D eigenvalue weighted by atomic mass is 35.5. The number of halogens is 4. The van der Waals surface area contributed by atoms with Gasteiger partial charge >= 0.3 is 0 Å². The summed E-state index contributed by atoms with van der Waals surface area (Å²) in [6.45, 7) is 0. The van der Waals surface area contributed by atoms with E-state index in [9.17, 15) is 8.78 Å². The highest BCUT2D eigenvalue weighted by Crippen LogP contribution is 2.27. The quantitative estimate of drug-likeness (QED) is 0.796. The standard InChI is InChI=1S/C10H6Cl2F2N2/c11-6-3-1-2-4-8(6)16-9(12)5-7(15-16)10(13)14/h1-5,10H. The number of alkyl halides is 2. The van der Waals surface area contributed by atoms with E-state index in [1.807, 2.05) is 0 Å². The van der Waals surface area contributed by atoms with Crippen LogP contribution in [0.4, 0.5) is 8.78 Å². The molecule has 0 aliphatic carbocycles. The first kappa shape index (κ1) is 11.4. The maximum Gasteiger partial charge on any atom is 0.282 e. The van der Waals surface area contributed by atoms with Gasteiger partial charge in [0.2, 0.25) is 0 Å². The van der Waals surface area contributed by atoms with E-state index in [0.717, 1.165) is 6.07 Å². The lowest BCUT2D eigenvalue weighted by atomic mass is 10.3. The summed E-state index contributed by atoms with van der Waals surface area (Å²) in [6, 6.07) is 7.86. The molecule has 0 N–H and O–H groups in total. The van der Waals surface area contributed by atoms with Gasteiger partial charge in [-0.25, -0.2) is 13.5 Å². The van der Waals surface area contributed by atoms with Gasteiger partial charge in [0, 0.05) is 6.07 Å². The van der Waals surface area contributed by atoms with Gasteiger partial charge in [-0.1, -0.05) is 35.3 Å². The van der Waals surface area contributed by atoms with Crippen LogP contribution in [0.2, 0.25) is 10.2 Å². The number of hydrogen-bond donors (Lipinski definition) is 0. The Balaban J connectivity index is 2.52. The Hall–Kier alpha value is -1.13. The minimum Gasteiger partial charge on any atom is -0.220 e. The molecule has 0 spiro atoms. The fourth-order valence-electron chi connectivity index (χ4n) is 1.27. The predicted molar refractivity (Wildman–Crippen MR) is 58.5 cm³/mol. The second-order valence-electron chi connectivity index (χ2n) is 3.06. The van der Waals surface area contributed by atoms with E-state index in [-0.39, 0.29) is 10.8 Å². The summed E-state index contributed by atoms with van der Waals surface area (Å²) < 4.78 is 26.0. The smallest absolute Gasteiger partial charge is 0.220 e. The number of para-hydroxylation sites is 1. The van der Waals surface area contributed by atoms with Crippen molar-refractivity contribution in [1.29, 1.82) is 0 Å². The maximum atomic E-state index is 12.4. The lowest BCUT2D eigenvalue weighted by Crippen LogP contribution is -1.98. The number of hydrogen-bond acceptors (Lipinski definition) is 1. The lowest BCUT2D eigenvalue weighted by molar-refractivity contribution is 0.145. The Morgan fingerprint density at radius 1 is 1.19 bits per heavy atom. The van der Waals surface area contributed by atoms with Gasteiger partial charge in [0.25, 0.3) is 6.43 Å². The zero-order valence-electron chi connectivity index (χ0n) is 7.87. The first-order valence-corrected chi connectivity index (χ1v) is 5.13. The Kier molecular flexibility index (Phi) is 3.12. The normalized spacial score (nSPS) is 11.1. The Morgan fingerprint density at radius 2 is 1.88 bits per heavy atom. The molecule has 1 aromatic heterocycles.